The third-order valence-corrected chi connectivity index (χ3v) is 13.5. The van der Waals surface area contributed by atoms with Crippen molar-refractivity contribution in [2.75, 3.05) is 73.1 Å². The topological polar surface area (TPSA) is 216 Å². The molecule has 1 aliphatic heterocycles. The van der Waals surface area contributed by atoms with E-state index in [1.807, 2.05) is 93.6 Å². The smallest absolute Gasteiger partial charge is 0.270 e. The van der Waals surface area contributed by atoms with Crippen LogP contribution in [-0.4, -0.2) is 136 Å². The van der Waals surface area contributed by atoms with Gasteiger partial charge in [-0.25, -0.2) is 4.98 Å². The highest BCUT2D eigenvalue weighted by atomic mass is 35.5. The summed E-state index contributed by atoms with van der Waals surface area (Å²) in [6.45, 7) is 9.94. The number of pyridine rings is 1. The molecule has 406 valence electrons. The molecule has 17 nitrogen and oxygen atoms in total. The summed E-state index contributed by atoms with van der Waals surface area (Å²) < 4.78 is 27.7. The van der Waals surface area contributed by atoms with Gasteiger partial charge in [-0.2, -0.15) is 0 Å². The van der Waals surface area contributed by atoms with Crippen LogP contribution < -0.4 is 26.0 Å². The first-order valence-electron chi connectivity index (χ1n) is 25.2. The van der Waals surface area contributed by atoms with Crippen LogP contribution >= 0.6 is 22.9 Å². The van der Waals surface area contributed by atoms with Crippen LogP contribution in [-0.2, 0) is 57.6 Å². The van der Waals surface area contributed by atoms with E-state index in [4.69, 9.17) is 35.3 Å². The van der Waals surface area contributed by atoms with Crippen molar-refractivity contribution in [2.24, 2.45) is 5.41 Å². The summed E-state index contributed by atoms with van der Waals surface area (Å²) in [7, 11) is 1.54. The first kappa shape index (κ1) is 58.7. The second kappa shape index (κ2) is 29.7. The van der Waals surface area contributed by atoms with Crippen LogP contribution in [0.1, 0.15) is 71.1 Å². The molecule has 5 amide bonds. The molecular formula is C57H69ClN6O11S. The van der Waals surface area contributed by atoms with Crippen LogP contribution in [0.3, 0.4) is 0 Å². The molecule has 2 aromatic heterocycles. The summed E-state index contributed by atoms with van der Waals surface area (Å²) in [6.07, 6.45) is 4.63. The number of rotatable bonds is 28. The lowest BCUT2D eigenvalue weighted by Crippen LogP contribution is -2.58. The molecule has 1 saturated heterocycles. The van der Waals surface area contributed by atoms with Gasteiger partial charge in [-0.05, 0) is 75.4 Å². The van der Waals surface area contributed by atoms with E-state index in [-0.39, 0.29) is 75.7 Å². The molecule has 3 atom stereocenters. The fraction of sp³-hybridized carbons (Fsp3) is 0.404. The highest BCUT2D eigenvalue weighted by Gasteiger charge is 2.44. The van der Waals surface area contributed by atoms with E-state index < -0.39 is 35.4 Å². The second-order valence-corrected chi connectivity index (χ2v) is 20.6. The number of thiophene rings is 1. The zero-order valence-corrected chi connectivity index (χ0v) is 45.3. The van der Waals surface area contributed by atoms with Crippen LogP contribution in [0, 0.1) is 12.3 Å². The van der Waals surface area contributed by atoms with E-state index in [9.17, 15) is 29.1 Å². The van der Waals surface area contributed by atoms with Crippen molar-refractivity contribution in [1.82, 2.24) is 31.2 Å². The first-order chi connectivity index (χ1) is 36.6. The predicted molar refractivity (Wildman–Crippen MR) is 293 cm³/mol. The molecule has 1 aliphatic rings. The van der Waals surface area contributed by atoms with Crippen LogP contribution in [0.5, 0.6) is 5.75 Å². The minimum absolute atomic E-state index is 0.0237. The molecule has 0 aliphatic carbocycles. The number of aromatic nitrogens is 1. The number of benzene rings is 3. The Morgan fingerprint density at radius 1 is 0.803 bits per heavy atom. The summed E-state index contributed by atoms with van der Waals surface area (Å²) in [4.78, 5) is 72.9. The lowest BCUT2D eigenvalue weighted by Gasteiger charge is -2.35. The van der Waals surface area contributed by atoms with Crippen molar-refractivity contribution in [3.8, 4) is 16.2 Å². The molecule has 6 rings (SSSR count). The van der Waals surface area contributed by atoms with Crippen LogP contribution in [0.2, 0.25) is 5.02 Å². The summed E-state index contributed by atoms with van der Waals surface area (Å²) in [6, 6.07) is 24.7. The van der Waals surface area contributed by atoms with Gasteiger partial charge in [0.1, 0.15) is 30.1 Å². The number of nitrogens with zero attached hydrogens (tertiary/aromatic N) is 2. The monoisotopic (exact) mass is 1080 g/mol. The number of amides is 5. The lowest BCUT2D eigenvalue weighted by molar-refractivity contribution is -0.144. The van der Waals surface area contributed by atoms with Crippen molar-refractivity contribution in [2.45, 2.75) is 71.8 Å². The van der Waals surface area contributed by atoms with Gasteiger partial charge in [0.15, 0.2) is 0 Å². The maximum atomic E-state index is 13.9. The molecule has 76 heavy (non-hydrogen) atoms. The Kier molecular flexibility index (Phi) is 23.0. The van der Waals surface area contributed by atoms with Crippen molar-refractivity contribution in [3.05, 3.63) is 141 Å². The fourth-order valence-electron chi connectivity index (χ4n) is 8.17. The first-order valence-corrected chi connectivity index (χ1v) is 26.4. The Labute approximate surface area is 453 Å². The number of carbonyl (C=O) groups is 5. The number of ether oxygens (including phenoxy) is 5. The summed E-state index contributed by atoms with van der Waals surface area (Å²) in [5.41, 5.74) is 5.99. The minimum atomic E-state index is -0.977. The number of hydrogen-bond donors (Lipinski definition) is 5. The molecule has 3 heterocycles. The van der Waals surface area contributed by atoms with Crippen LogP contribution in [0.15, 0.2) is 96.5 Å². The standard InChI is InChI=1S/C57H69ClN6O11S/c1-38-19-28-76-52(38)43-14-10-40(11-15-43)33-62-55(69)48-32-46(65)36-64(48)56(70)53(57(2,3)4)63-51(67)37-75-27-26-74-25-24-73-23-22-72-21-20-59-50(66)30-41-7-6-8-42(29-41)34-61-54(68)47-31-44(49(71-5)35-60-47)16-9-39-12-17-45(58)18-13-39/h6-19,28-29,31,35,46,48,53,65H,20-27,30,32-34,36-37H2,1-5H3,(H,59,66)(H,61,68)(H,62,69)(H,63,67)/b16-9+/t46-,48+,53-/m1/s1. The van der Waals surface area contributed by atoms with Gasteiger partial charge in [0.05, 0.1) is 72.1 Å². The van der Waals surface area contributed by atoms with Gasteiger partial charge in [-0.15, -0.1) is 11.3 Å². The van der Waals surface area contributed by atoms with Crippen molar-refractivity contribution >= 4 is 64.6 Å². The highest BCUT2D eigenvalue weighted by molar-refractivity contribution is 7.13. The third kappa shape index (κ3) is 18.6. The molecular weight excluding hydrogens is 1010 g/mol. The van der Waals surface area contributed by atoms with Crippen molar-refractivity contribution in [3.63, 3.8) is 0 Å². The van der Waals surface area contributed by atoms with Gasteiger partial charge < -0.3 is 55.0 Å². The molecule has 5 aromatic rings. The molecule has 5 N–H and O–H groups in total. The Hall–Kier alpha value is -6.51. The second-order valence-electron chi connectivity index (χ2n) is 19.2. The Morgan fingerprint density at radius 2 is 1.47 bits per heavy atom. The van der Waals surface area contributed by atoms with Gasteiger partial charge in [-0.3, -0.25) is 24.0 Å². The quantitative estimate of drug-likeness (QED) is 0.0344. The Bertz CT molecular complexity index is 2730. The number of hydrogen-bond acceptors (Lipinski definition) is 13. The minimum Gasteiger partial charge on any atom is -0.495 e. The number of aryl methyl sites for hydroxylation is 1. The average Bonchev–Trinajstić information content (AvgIpc) is 4.03. The van der Waals surface area contributed by atoms with Crippen molar-refractivity contribution in [1.29, 1.82) is 0 Å². The number of aliphatic hydroxyl groups is 1. The molecule has 0 spiro atoms. The number of β-amino-alcohol motifs (C(OH)–C–C–N with tert-alkyl or cyclic N) is 1. The summed E-state index contributed by atoms with van der Waals surface area (Å²) >= 11 is 7.67. The molecule has 0 bridgehead atoms. The van der Waals surface area contributed by atoms with Gasteiger partial charge in [-0.1, -0.05) is 105 Å². The van der Waals surface area contributed by atoms with Gasteiger partial charge in [0.2, 0.25) is 23.6 Å². The normalized spacial score (nSPS) is 14.9. The maximum Gasteiger partial charge on any atom is 0.270 e. The number of aliphatic hydroxyl groups excluding tert-OH is 1. The van der Waals surface area contributed by atoms with Gasteiger partial charge >= 0.3 is 0 Å². The molecule has 3 aromatic carbocycles. The lowest BCUT2D eigenvalue weighted by atomic mass is 9.85. The van der Waals surface area contributed by atoms with Crippen LogP contribution in [0.4, 0.5) is 0 Å². The average molecular weight is 1080 g/mol. The summed E-state index contributed by atoms with van der Waals surface area (Å²) in [5.74, 6) is -1.31. The zero-order chi connectivity index (χ0) is 54.5. The highest BCUT2D eigenvalue weighted by Crippen LogP contribution is 2.30. The van der Waals surface area contributed by atoms with E-state index in [1.54, 1.807) is 36.6 Å². The molecule has 19 heteroatoms. The van der Waals surface area contributed by atoms with Gasteiger partial charge in [0, 0.05) is 48.1 Å². The van der Waals surface area contributed by atoms with Crippen molar-refractivity contribution < 1.29 is 52.8 Å². The van der Waals surface area contributed by atoms with E-state index in [0.29, 0.717) is 55.9 Å². The molecule has 1 fully saturated rings. The molecule has 0 unspecified atom stereocenters. The zero-order valence-electron chi connectivity index (χ0n) is 43.7. The van der Waals surface area contributed by atoms with E-state index in [1.165, 1.54) is 21.5 Å². The number of nitrogens with one attached hydrogen (secondary N) is 4. The Morgan fingerprint density at radius 3 is 2.14 bits per heavy atom. The fourth-order valence-corrected chi connectivity index (χ4v) is 9.23. The number of methoxy groups -OCH3 is 1. The SMILES string of the molecule is COc1cnc(C(=O)NCc2cccc(CC(=O)NCCOCCOCCOCCOCC(=O)N[C@H](C(=O)N3C[C@H](O)C[C@H]3C(=O)NCc3ccc(-c4sccc4C)cc3)C(C)(C)C)c2)cc1/C=C/c1ccc(Cl)cc1. The molecule has 0 saturated carbocycles. The maximum absolute atomic E-state index is 13.9. The molecule has 0 radical (unpaired) electrons. The van der Waals surface area contributed by atoms with E-state index in [0.717, 1.165) is 27.8 Å². The van der Waals surface area contributed by atoms with E-state index in [2.05, 4.69) is 44.6 Å². The number of carbonyl (C=O) groups excluding carboxylic acids is 5. The van der Waals surface area contributed by atoms with E-state index >= 15 is 0 Å². The largest absolute Gasteiger partial charge is 0.495 e. The number of halogens is 1. The van der Waals surface area contributed by atoms with Gasteiger partial charge in [0.25, 0.3) is 5.91 Å². The number of likely N-dealkylation sites (tertiary alicyclic amines) is 1. The predicted octanol–water partition coefficient (Wildman–Crippen LogP) is 6.42. The third-order valence-electron chi connectivity index (χ3n) is 12.2. The summed E-state index contributed by atoms with van der Waals surface area (Å²) in [5, 5.41) is 24.7. The van der Waals surface area contributed by atoms with Crippen LogP contribution in [0.25, 0.3) is 22.6 Å². The Balaban J connectivity index is 0.785.